The molecule has 0 aliphatic heterocycles. The minimum absolute atomic E-state index is 0.0675. The molecule has 1 N–H and O–H groups in total. The molecule has 0 saturated heterocycles. The first-order valence-corrected chi connectivity index (χ1v) is 10.8. The number of nitro benzene ring substituents is 1. The maximum absolute atomic E-state index is 12.2. The van der Waals surface area contributed by atoms with Gasteiger partial charge in [-0.25, -0.2) is 4.57 Å². The molecule has 1 unspecified atom stereocenters. The standard InChI is InChI=1S/C17H16NO5PS/c1-2-9-25-24(21,22)23-17-8-7-16(18(19)20)14-10-12-5-3-4-6-13(12)11-15(14)17/h3-8,10-11H,2,9H2,1H3,(H,21,22). The van der Waals surface area contributed by atoms with E-state index >= 15 is 0 Å². The maximum Gasteiger partial charge on any atom is 0.437 e. The molecule has 1 atom stereocenters. The second-order valence-electron chi connectivity index (χ2n) is 5.48. The van der Waals surface area contributed by atoms with Crippen LogP contribution in [0.5, 0.6) is 5.75 Å². The van der Waals surface area contributed by atoms with Gasteiger partial charge in [-0.05, 0) is 46.8 Å². The highest BCUT2D eigenvalue weighted by Gasteiger charge is 2.24. The molecule has 3 aromatic rings. The van der Waals surface area contributed by atoms with E-state index in [-0.39, 0.29) is 11.4 Å². The monoisotopic (exact) mass is 377 g/mol. The fourth-order valence-electron chi connectivity index (χ4n) is 2.59. The van der Waals surface area contributed by atoms with Crippen molar-refractivity contribution < 1.29 is 18.9 Å². The predicted octanol–water partition coefficient (Wildman–Crippen LogP) is 5.52. The third kappa shape index (κ3) is 3.79. The first-order valence-electron chi connectivity index (χ1n) is 7.68. The molecule has 130 valence electrons. The van der Waals surface area contributed by atoms with Gasteiger partial charge >= 0.3 is 6.80 Å². The minimum Gasteiger partial charge on any atom is -0.416 e. The van der Waals surface area contributed by atoms with Gasteiger partial charge in [0.1, 0.15) is 5.75 Å². The summed E-state index contributed by atoms with van der Waals surface area (Å²) in [5.41, 5.74) is -0.0675. The van der Waals surface area contributed by atoms with Gasteiger partial charge in [-0.3, -0.25) is 10.1 Å². The number of benzene rings is 3. The van der Waals surface area contributed by atoms with E-state index in [0.717, 1.165) is 28.6 Å². The normalized spacial score (nSPS) is 13.7. The molecule has 0 bridgehead atoms. The largest absolute Gasteiger partial charge is 0.437 e. The zero-order chi connectivity index (χ0) is 18.0. The van der Waals surface area contributed by atoms with Gasteiger partial charge in [0.2, 0.25) is 0 Å². The Labute approximate surface area is 148 Å². The summed E-state index contributed by atoms with van der Waals surface area (Å²) in [5.74, 6) is 0.655. The Morgan fingerprint density at radius 2 is 1.80 bits per heavy atom. The van der Waals surface area contributed by atoms with Crippen molar-refractivity contribution in [2.24, 2.45) is 0 Å². The third-order valence-corrected chi connectivity index (χ3v) is 6.78. The zero-order valence-corrected chi connectivity index (χ0v) is 15.1. The molecule has 0 saturated carbocycles. The topological polar surface area (TPSA) is 89.7 Å². The number of hydrogen-bond donors (Lipinski definition) is 1. The van der Waals surface area contributed by atoms with Gasteiger partial charge in [0, 0.05) is 17.2 Å². The van der Waals surface area contributed by atoms with Gasteiger partial charge in [0.05, 0.1) is 10.3 Å². The summed E-state index contributed by atoms with van der Waals surface area (Å²) in [7, 11) is 0. The summed E-state index contributed by atoms with van der Waals surface area (Å²) >= 11 is 0.851. The molecule has 25 heavy (non-hydrogen) atoms. The van der Waals surface area contributed by atoms with E-state index in [4.69, 9.17) is 4.52 Å². The van der Waals surface area contributed by atoms with E-state index < -0.39 is 11.7 Å². The van der Waals surface area contributed by atoms with Crippen molar-refractivity contribution in [3.63, 3.8) is 0 Å². The highest BCUT2D eigenvalue weighted by atomic mass is 32.7. The van der Waals surface area contributed by atoms with Gasteiger partial charge in [-0.15, -0.1) is 0 Å². The average molecular weight is 377 g/mol. The van der Waals surface area contributed by atoms with E-state index in [1.165, 1.54) is 12.1 Å². The van der Waals surface area contributed by atoms with Crippen LogP contribution in [0.15, 0.2) is 48.5 Å². The van der Waals surface area contributed by atoms with Crippen molar-refractivity contribution in [2.45, 2.75) is 13.3 Å². The van der Waals surface area contributed by atoms with Gasteiger partial charge in [0.25, 0.3) is 5.69 Å². The van der Waals surface area contributed by atoms with Crippen molar-refractivity contribution in [3.05, 3.63) is 58.6 Å². The van der Waals surface area contributed by atoms with Gasteiger partial charge in [0.15, 0.2) is 0 Å². The Bertz CT molecular complexity index is 1010. The highest BCUT2D eigenvalue weighted by molar-refractivity contribution is 8.54. The Hall–Kier alpha value is -2.08. The van der Waals surface area contributed by atoms with Crippen molar-refractivity contribution in [1.82, 2.24) is 0 Å². The Kier molecular flexibility index (Phi) is 4.99. The van der Waals surface area contributed by atoms with Gasteiger partial charge < -0.3 is 9.42 Å². The molecule has 0 heterocycles. The molecule has 6 nitrogen and oxygen atoms in total. The van der Waals surface area contributed by atoms with Crippen LogP contribution in [0.3, 0.4) is 0 Å². The summed E-state index contributed by atoms with van der Waals surface area (Å²) in [6.45, 7) is -1.98. The quantitative estimate of drug-likeness (QED) is 0.263. The Morgan fingerprint density at radius 1 is 1.16 bits per heavy atom. The summed E-state index contributed by atoms with van der Waals surface area (Å²) in [6.07, 6.45) is 0.740. The van der Waals surface area contributed by atoms with Crippen LogP contribution in [0.1, 0.15) is 13.3 Å². The van der Waals surface area contributed by atoms with Crippen molar-refractivity contribution >= 4 is 45.4 Å². The number of nitrogens with zero attached hydrogens (tertiary/aromatic N) is 1. The van der Waals surface area contributed by atoms with Gasteiger partial charge in [-0.1, -0.05) is 31.2 Å². The zero-order valence-electron chi connectivity index (χ0n) is 13.4. The Morgan fingerprint density at radius 3 is 2.40 bits per heavy atom. The molecule has 0 fully saturated rings. The minimum atomic E-state index is -3.89. The van der Waals surface area contributed by atoms with E-state index in [1.54, 1.807) is 12.1 Å². The number of rotatable bonds is 6. The molecule has 0 aliphatic carbocycles. The molecule has 8 heteroatoms. The Balaban J connectivity index is 2.19. The molecule has 0 aliphatic rings. The fraction of sp³-hybridized carbons (Fsp3) is 0.176. The van der Waals surface area contributed by atoms with E-state index in [1.807, 2.05) is 31.2 Å². The number of non-ortho nitro benzene ring substituents is 1. The molecular weight excluding hydrogens is 361 g/mol. The second kappa shape index (κ2) is 7.04. The number of hydrogen-bond acceptors (Lipinski definition) is 5. The molecule has 3 rings (SSSR count). The first kappa shape index (κ1) is 17.7. The summed E-state index contributed by atoms with van der Waals surface area (Å²) in [6, 6.07) is 13.6. The van der Waals surface area contributed by atoms with E-state index in [2.05, 4.69) is 0 Å². The predicted molar refractivity (Wildman–Crippen MR) is 101 cm³/mol. The molecule has 0 amide bonds. The second-order valence-corrected chi connectivity index (χ2v) is 9.42. The average Bonchev–Trinajstić information content (AvgIpc) is 2.58. The summed E-state index contributed by atoms with van der Waals surface area (Å²) in [4.78, 5) is 20.9. The lowest BCUT2D eigenvalue weighted by Gasteiger charge is -2.14. The van der Waals surface area contributed by atoms with Crippen LogP contribution in [0.4, 0.5) is 5.69 Å². The van der Waals surface area contributed by atoms with Crippen LogP contribution in [0, 0.1) is 10.1 Å². The summed E-state index contributed by atoms with van der Waals surface area (Å²) < 4.78 is 17.6. The van der Waals surface area contributed by atoms with E-state index in [0.29, 0.717) is 16.5 Å². The number of fused-ring (bicyclic) bond motifs is 2. The molecule has 0 spiro atoms. The lowest BCUT2D eigenvalue weighted by Crippen LogP contribution is -1.94. The molecule has 3 aromatic carbocycles. The van der Waals surface area contributed by atoms with Crippen LogP contribution in [0.2, 0.25) is 0 Å². The van der Waals surface area contributed by atoms with E-state index in [9.17, 15) is 19.6 Å². The van der Waals surface area contributed by atoms with Crippen molar-refractivity contribution in [3.8, 4) is 5.75 Å². The van der Waals surface area contributed by atoms with Crippen LogP contribution >= 0.6 is 18.2 Å². The van der Waals surface area contributed by atoms with Crippen LogP contribution in [-0.2, 0) is 4.57 Å². The third-order valence-electron chi connectivity index (χ3n) is 3.69. The maximum atomic E-state index is 12.2. The lowest BCUT2D eigenvalue weighted by molar-refractivity contribution is -0.383. The number of nitro groups is 1. The molecular formula is C17H16NO5PS. The van der Waals surface area contributed by atoms with Crippen molar-refractivity contribution in [1.29, 1.82) is 0 Å². The van der Waals surface area contributed by atoms with Crippen molar-refractivity contribution in [2.75, 3.05) is 5.75 Å². The smallest absolute Gasteiger partial charge is 0.416 e. The highest BCUT2D eigenvalue weighted by Crippen LogP contribution is 2.56. The molecule has 0 radical (unpaired) electrons. The SMILES string of the molecule is CCCSP(=O)(O)Oc1ccc([N+](=O)[O-])c2cc3ccccc3cc12. The lowest BCUT2D eigenvalue weighted by atomic mass is 10.0. The van der Waals surface area contributed by atoms with Crippen LogP contribution in [-0.4, -0.2) is 15.6 Å². The summed E-state index contributed by atoms with van der Waals surface area (Å²) in [5, 5.41) is 13.9. The van der Waals surface area contributed by atoms with Crippen LogP contribution in [0.25, 0.3) is 21.5 Å². The first-order chi connectivity index (χ1) is 11.9. The fourth-order valence-corrected chi connectivity index (χ4v) is 5.10. The molecule has 0 aromatic heterocycles. The van der Waals surface area contributed by atoms with Crippen LogP contribution < -0.4 is 4.52 Å². The van der Waals surface area contributed by atoms with Gasteiger partial charge in [-0.2, -0.15) is 0 Å².